The third-order valence-corrected chi connectivity index (χ3v) is 5.17. The molecule has 7 heteroatoms. The highest BCUT2D eigenvalue weighted by Gasteiger charge is 2.39. The highest BCUT2D eigenvalue weighted by atomic mass is 16.7. The average Bonchev–Trinajstić information content (AvgIpc) is 3.33. The highest BCUT2D eigenvalue weighted by Crippen LogP contribution is 2.36. The van der Waals surface area contributed by atoms with E-state index in [2.05, 4.69) is 16.5 Å². The van der Waals surface area contributed by atoms with E-state index < -0.39 is 0 Å². The Morgan fingerprint density at radius 3 is 2.75 bits per heavy atom. The zero-order valence-corrected chi connectivity index (χ0v) is 16.7. The molecule has 1 aromatic carbocycles. The quantitative estimate of drug-likeness (QED) is 0.766. The Hall–Kier alpha value is -1.80. The summed E-state index contributed by atoms with van der Waals surface area (Å²) in [6.07, 6.45) is 3.04. The number of hydroxylamine groups is 1. The SMILES string of the molecule is CC(C)Oc1cc(C2=CC3(CCOC3)ON2)ccc1OCCN1CCOCC1. The third-order valence-electron chi connectivity index (χ3n) is 5.17. The van der Waals surface area contributed by atoms with Gasteiger partial charge in [0.1, 0.15) is 12.2 Å². The van der Waals surface area contributed by atoms with E-state index in [-0.39, 0.29) is 11.7 Å². The van der Waals surface area contributed by atoms with E-state index in [1.807, 2.05) is 32.0 Å². The summed E-state index contributed by atoms with van der Waals surface area (Å²) in [5.41, 5.74) is 4.67. The molecule has 4 rings (SSSR count). The number of hydrogen-bond donors (Lipinski definition) is 1. The first-order chi connectivity index (χ1) is 13.6. The van der Waals surface area contributed by atoms with E-state index in [1.54, 1.807) is 0 Å². The lowest BCUT2D eigenvalue weighted by atomic mass is 10.0. The Balaban J connectivity index is 1.44. The first kappa shape index (κ1) is 19.5. The van der Waals surface area contributed by atoms with E-state index in [0.29, 0.717) is 13.2 Å². The van der Waals surface area contributed by atoms with Crippen molar-refractivity contribution >= 4 is 5.70 Å². The van der Waals surface area contributed by atoms with Crippen molar-refractivity contribution in [3.8, 4) is 11.5 Å². The molecular formula is C21H30N2O5. The number of rotatable bonds is 7. The van der Waals surface area contributed by atoms with E-state index in [1.165, 1.54) is 0 Å². The molecule has 0 amide bonds. The number of hydrogen-bond acceptors (Lipinski definition) is 7. The summed E-state index contributed by atoms with van der Waals surface area (Å²) in [7, 11) is 0. The molecule has 0 aromatic heterocycles. The second-order valence-corrected chi connectivity index (χ2v) is 7.76. The zero-order valence-electron chi connectivity index (χ0n) is 16.7. The van der Waals surface area contributed by atoms with Crippen LogP contribution in [0.15, 0.2) is 24.3 Å². The Kier molecular flexibility index (Phi) is 6.06. The van der Waals surface area contributed by atoms with Gasteiger partial charge in [-0.15, -0.1) is 0 Å². The van der Waals surface area contributed by atoms with Crippen LogP contribution >= 0.6 is 0 Å². The van der Waals surface area contributed by atoms with Crippen molar-refractivity contribution in [2.75, 3.05) is 52.7 Å². The minimum absolute atomic E-state index is 0.0631. The molecule has 28 heavy (non-hydrogen) atoms. The van der Waals surface area contributed by atoms with Crippen LogP contribution in [-0.2, 0) is 14.3 Å². The van der Waals surface area contributed by atoms with E-state index >= 15 is 0 Å². The van der Waals surface area contributed by atoms with Crippen LogP contribution in [-0.4, -0.2) is 69.3 Å². The van der Waals surface area contributed by atoms with Crippen molar-refractivity contribution in [1.29, 1.82) is 0 Å². The number of benzene rings is 1. The van der Waals surface area contributed by atoms with Crippen molar-refractivity contribution in [2.45, 2.75) is 32.0 Å². The maximum atomic E-state index is 6.05. The van der Waals surface area contributed by atoms with Crippen LogP contribution in [0, 0.1) is 0 Å². The molecular weight excluding hydrogens is 360 g/mol. The van der Waals surface area contributed by atoms with Crippen molar-refractivity contribution < 1.29 is 23.8 Å². The van der Waals surface area contributed by atoms with Crippen LogP contribution in [0.4, 0.5) is 0 Å². The van der Waals surface area contributed by atoms with Crippen LogP contribution in [0.3, 0.4) is 0 Å². The van der Waals surface area contributed by atoms with Gasteiger partial charge in [-0.25, -0.2) is 0 Å². The predicted molar refractivity (Wildman–Crippen MR) is 105 cm³/mol. The van der Waals surface area contributed by atoms with Gasteiger partial charge in [-0.3, -0.25) is 15.2 Å². The van der Waals surface area contributed by atoms with Gasteiger partial charge in [0, 0.05) is 38.2 Å². The van der Waals surface area contributed by atoms with E-state index in [0.717, 1.165) is 68.6 Å². The summed E-state index contributed by atoms with van der Waals surface area (Å²) >= 11 is 0. The molecule has 0 aliphatic carbocycles. The lowest BCUT2D eigenvalue weighted by molar-refractivity contribution is -0.0373. The van der Waals surface area contributed by atoms with E-state index in [4.69, 9.17) is 23.8 Å². The lowest BCUT2D eigenvalue weighted by Gasteiger charge is -2.26. The fourth-order valence-corrected chi connectivity index (χ4v) is 3.63. The topological polar surface area (TPSA) is 61.4 Å². The van der Waals surface area contributed by atoms with Gasteiger partial charge in [-0.1, -0.05) is 0 Å². The molecule has 0 radical (unpaired) electrons. The molecule has 2 saturated heterocycles. The van der Waals surface area contributed by atoms with Gasteiger partial charge in [0.25, 0.3) is 0 Å². The maximum absolute atomic E-state index is 6.05. The Morgan fingerprint density at radius 1 is 1.14 bits per heavy atom. The van der Waals surface area contributed by atoms with Gasteiger partial charge in [0.2, 0.25) is 0 Å². The van der Waals surface area contributed by atoms with Crippen molar-refractivity contribution in [3.05, 3.63) is 29.8 Å². The summed E-state index contributed by atoms with van der Waals surface area (Å²) in [5.74, 6) is 1.52. The van der Waals surface area contributed by atoms with Gasteiger partial charge in [-0.2, -0.15) is 0 Å². The molecule has 1 unspecified atom stereocenters. The Bertz CT molecular complexity index is 694. The monoisotopic (exact) mass is 390 g/mol. The largest absolute Gasteiger partial charge is 0.488 e. The molecule has 3 aliphatic rings. The van der Waals surface area contributed by atoms with Gasteiger partial charge < -0.3 is 18.9 Å². The second-order valence-electron chi connectivity index (χ2n) is 7.76. The van der Waals surface area contributed by atoms with Crippen LogP contribution < -0.4 is 15.0 Å². The van der Waals surface area contributed by atoms with Crippen LogP contribution in [0.1, 0.15) is 25.8 Å². The highest BCUT2D eigenvalue weighted by molar-refractivity contribution is 5.68. The van der Waals surface area contributed by atoms with Crippen LogP contribution in [0.25, 0.3) is 5.70 Å². The summed E-state index contributed by atoms with van der Waals surface area (Å²) < 4.78 is 23.0. The molecule has 7 nitrogen and oxygen atoms in total. The Labute approximate surface area is 166 Å². The minimum atomic E-state index is -0.346. The number of morpholine rings is 1. The molecule has 3 aliphatic heterocycles. The first-order valence-corrected chi connectivity index (χ1v) is 10.1. The molecule has 1 spiro atoms. The molecule has 2 fully saturated rings. The first-order valence-electron chi connectivity index (χ1n) is 10.1. The van der Waals surface area contributed by atoms with Gasteiger partial charge in [0.15, 0.2) is 11.5 Å². The maximum Gasteiger partial charge on any atom is 0.162 e. The molecule has 0 saturated carbocycles. The van der Waals surface area contributed by atoms with Gasteiger partial charge >= 0.3 is 0 Å². The second kappa shape index (κ2) is 8.69. The third kappa shape index (κ3) is 4.60. The smallest absolute Gasteiger partial charge is 0.162 e. The van der Waals surface area contributed by atoms with Crippen molar-refractivity contribution in [2.24, 2.45) is 0 Å². The number of nitrogens with zero attached hydrogens (tertiary/aromatic N) is 1. The molecule has 1 N–H and O–H groups in total. The van der Waals surface area contributed by atoms with Gasteiger partial charge in [0.05, 0.1) is 31.6 Å². The molecule has 1 aromatic rings. The molecule has 154 valence electrons. The molecule has 1 atom stereocenters. The summed E-state index contributed by atoms with van der Waals surface area (Å²) in [5, 5.41) is 0. The fourth-order valence-electron chi connectivity index (χ4n) is 3.63. The minimum Gasteiger partial charge on any atom is -0.488 e. The van der Waals surface area contributed by atoms with Crippen LogP contribution in [0.2, 0.25) is 0 Å². The zero-order chi connectivity index (χ0) is 19.4. The predicted octanol–water partition coefficient (Wildman–Crippen LogP) is 2.22. The average molecular weight is 390 g/mol. The summed E-state index contributed by atoms with van der Waals surface area (Å²) in [6, 6.07) is 6.03. The molecule has 3 heterocycles. The normalized spacial score (nSPS) is 25.2. The van der Waals surface area contributed by atoms with Gasteiger partial charge in [-0.05, 0) is 38.1 Å². The number of ether oxygens (including phenoxy) is 4. The standard InChI is InChI=1S/C21H30N2O5/c1-16(2)27-20-13-17(18-14-21(28-22-18)5-9-25-15-21)3-4-19(20)26-12-8-23-6-10-24-11-7-23/h3-4,13-14,16,22H,5-12,15H2,1-2H3. The summed E-state index contributed by atoms with van der Waals surface area (Å²) in [6.45, 7) is 10.4. The fraction of sp³-hybridized carbons (Fsp3) is 0.619. The number of nitrogens with one attached hydrogen (secondary N) is 1. The molecule has 0 bridgehead atoms. The van der Waals surface area contributed by atoms with E-state index in [9.17, 15) is 0 Å². The Morgan fingerprint density at radius 2 is 2.00 bits per heavy atom. The van der Waals surface area contributed by atoms with Crippen LogP contribution in [0.5, 0.6) is 11.5 Å². The van der Waals surface area contributed by atoms with Crippen molar-refractivity contribution in [1.82, 2.24) is 10.4 Å². The lowest BCUT2D eigenvalue weighted by Crippen LogP contribution is -2.38. The summed E-state index contributed by atoms with van der Waals surface area (Å²) in [4.78, 5) is 8.15. The van der Waals surface area contributed by atoms with Crippen molar-refractivity contribution in [3.63, 3.8) is 0 Å².